The summed E-state index contributed by atoms with van der Waals surface area (Å²) in [5.41, 5.74) is 29.9. The van der Waals surface area contributed by atoms with Crippen molar-refractivity contribution >= 4 is 134 Å². The van der Waals surface area contributed by atoms with Crippen LogP contribution < -0.4 is 37.1 Å². The highest BCUT2D eigenvalue weighted by molar-refractivity contribution is 7.24. The van der Waals surface area contributed by atoms with Crippen LogP contribution in [0.4, 0.5) is 0 Å². The minimum absolute atomic E-state index is 0.0551. The van der Waals surface area contributed by atoms with Gasteiger partial charge >= 0.3 is 0 Å². The zero-order valence-corrected chi connectivity index (χ0v) is 60.0. The van der Waals surface area contributed by atoms with Crippen LogP contribution in [0.25, 0.3) is 104 Å². The molecule has 9 aromatic carbocycles. The van der Waals surface area contributed by atoms with E-state index in [0.29, 0.717) is 0 Å². The van der Waals surface area contributed by atoms with Crippen molar-refractivity contribution in [3.63, 3.8) is 0 Å². The monoisotopic (exact) mass is 1210 g/mol. The summed E-state index contributed by atoms with van der Waals surface area (Å²) < 4.78 is 8.45. The van der Waals surface area contributed by atoms with E-state index in [1.54, 1.807) is 15.6 Å². The maximum atomic E-state index is 2.88. The first-order chi connectivity index (χ1) is 42.2. The van der Waals surface area contributed by atoms with Gasteiger partial charge < -0.3 is 13.5 Å². The molecule has 4 aromatic heterocycles. The Bertz CT molecular complexity index is 5470. The van der Waals surface area contributed by atoms with Crippen molar-refractivity contribution in [3.05, 3.63) is 166 Å². The van der Waals surface area contributed by atoms with Crippen molar-refractivity contribution in [3.8, 4) is 22.5 Å². The predicted molar refractivity (Wildman–Crippen MR) is 400 cm³/mol. The molecule has 13 aromatic rings. The number of nitrogens with zero attached hydrogens (tertiary/aromatic N) is 3. The summed E-state index contributed by atoms with van der Waals surface area (Å²) in [5.74, 6) is 0. The van der Waals surface area contributed by atoms with Crippen LogP contribution in [-0.4, -0.2) is 28.3 Å². The lowest BCUT2D eigenvalue weighted by atomic mass is 9.34. The molecule has 0 fully saturated rings. The van der Waals surface area contributed by atoms with Gasteiger partial charge in [0, 0.05) is 60.0 Å². The second-order valence-corrected chi connectivity index (χ2v) is 40.8. The van der Waals surface area contributed by atoms with Gasteiger partial charge in [-0.05, 0) is 191 Å². The van der Waals surface area contributed by atoms with Crippen molar-refractivity contribution in [2.24, 2.45) is 0 Å². The second-order valence-electron chi connectivity index (χ2n) is 37.1. The Hall–Kier alpha value is -7.34. The van der Waals surface area contributed by atoms with Gasteiger partial charge in [-0.2, -0.15) is 0 Å². The lowest BCUT2D eigenvalue weighted by Crippen LogP contribution is -2.77. The van der Waals surface area contributed by atoms with E-state index in [0.717, 1.165) is 0 Å². The third kappa shape index (κ3) is 7.23. The molecular formula is C86H92BN3Si. The minimum atomic E-state index is -3.25. The summed E-state index contributed by atoms with van der Waals surface area (Å²) in [6, 6.07) is 52.3. The third-order valence-electron chi connectivity index (χ3n) is 22.9. The number of hydrogen-bond acceptors (Lipinski definition) is 0. The molecule has 0 atom stereocenters. The Morgan fingerprint density at radius 1 is 0.297 bits per heavy atom. The summed E-state index contributed by atoms with van der Waals surface area (Å²) in [7, 11) is -3.25. The first kappa shape index (κ1) is 57.6. The fraction of sp³-hybridized carbons (Fsp3) is 0.372. The molecular weight excluding hydrogens is 1110 g/mol. The maximum absolute atomic E-state index is 3.25. The normalized spacial score (nSPS) is 15.5. The molecule has 0 saturated carbocycles. The van der Waals surface area contributed by atoms with E-state index in [1.165, 1.54) is 170 Å². The van der Waals surface area contributed by atoms with Crippen molar-refractivity contribution < 1.29 is 0 Å². The van der Waals surface area contributed by atoms with E-state index in [1.807, 2.05) is 0 Å². The average Bonchev–Trinajstić information content (AvgIpc) is 1.22. The van der Waals surface area contributed by atoms with Crippen LogP contribution in [0.2, 0.25) is 0 Å². The number of benzene rings is 9. The van der Waals surface area contributed by atoms with E-state index in [4.69, 9.17) is 0 Å². The lowest BCUT2D eigenvalue weighted by molar-refractivity contribution is 0.573. The molecule has 8 heterocycles. The highest BCUT2D eigenvalue weighted by Gasteiger charge is 2.57. The summed E-state index contributed by atoms with van der Waals surface area (Å²) in [6.45, 7) is 58.1. The molecule has 0 amide bonds. The molecule has 3 nitrogen and oxygen atoms in total. The van der Waals surface area contributed by atoms with Gasteiger partial charge in [0.25, 0.3) is 6.71 Å². The summed E-state index contributed by atoms with van der Waals surface area (Å²) in [6.07, 6.45) is 0. The van der Waals surface area contributed by atoms with Crippen molar-refractivity contribution in [1.29, 1.82) is 0 Å². The Kier molecular flexibility index (Phi) is 10.7. The van der Waals surface area contributed by atoms with Crippen molar-refractivity contribution in [1.82, 2.24) is 13.5 Å². The molecule has 0 aliphatic carbocycles. The molecule has 17 rings (SSSR count). The molecule has 0 radical (unpaired) electrons. The largest absolute Gasteiger partial charge is 0.310 e. The van der Waals surface area contributed by atoms with Crippen LogP contribution in [-0.2, 0) is 43.3 Å². The van der Waals surface area contributed by atoms with Gasteiger partial charge in [-0.15, -0.1) is 0 Å². The molecule has 0 bridgehead atoms. The lowest BCUT2D eigenvalue weighted by Gasteiger charge is -2.43. The SMILES string of the molecule is CC(C)(C)c1ccc2c(c1)[Si]1(c3cc(C(C)(C)C)ccc3-2)c2ccc3c4c2-n2c5c(cc(C(C)(C)C)cc5c5cc(C(C)(C)C)cc1c52)B4c1cc2c(c4cc(C(C)(C)C)cc5c6c(C(C)(C)C)cc(C(C)(C)C)cc6n2c54)c2c4cc(C(C)(C)C)ccc4n-3c12. The van der Waals surface area contributed by atoms with E-state index in [9.17, 15) is 0 Å². The highest BCUT2D eigenvalue weighted by Crippen LogP contribution is 2.52. The van der Waals surface area contributed by atoms with Gasteiger partial charge in [-0.1, -0.05) is 233 Å². The average molecular weight is 1210 g/mol. The van der Waals surface area contributed by atoms with Crippen LogP contribution in [0.1, 0.15) is 211 Å². The zero-order chi connectivity index (χ0) is 64.6. The highest BCUT2D eigenvalue weighted by atomic mass is 28.3. The Labute approximate surface area is 541 Å². The Balaban J connectivity index is 1.15. The predicted octanol–water partition coefficient (Wildman–Crippen LogP) is 18.2. The second kappa shape index (κ2) is 16.9. The first-order valence-electron chi connectivity index (χ1n) is 34.2. The molecule has 91 heavy (non-hydrogen) atoms. The van der Waals surface area contributed by atoms with Crippen LogP contribution in [0.3, 0.4) is 0 Å². The van der Waals surface area contributed by atoms with Crippen LogP contribution in [0, 0.1) is 0 Å². The smallest absolute Gasteiger partial charge is 0.252 e. The van der Waals surface area contributed by atoms with E-state index in [-0.39, 0.29) is 50.0 Å². The van der Waals surface area contributed by atoms with Gasteiger partial charge in [-0.3, -0.25) is 0 Å². The van der Waals surface area contributed by atoms with E-state index >= 15 is 0 Å². The Morgan fingerprint density at radius 3 is 1.31 bits per heavy atom. The van der Waals surface area contributed by atoms with Gasteiger partial charge in [0.05, 0.1) is 33.1 Å². The molecule has 0 N–H and O–H groups in total. The molecule has 1 spiro atoms. The van der Waals surface area contributed by atoms with Crippen LogP contribution in [0.5, 0.6) is 0 Å². The summed E-state index contributed by atoms with van der Waals surface area (Å²) in [4.78, 5) is 0. The molecule has 0 saturated heterocycles. The van der Waals surface area contributed by atoms with Gasteiger partial charge in [0.1, 0.15) is 0 Å². The molecule has 0 unspecified atom stereocenters. The van der Waals surface area contributed by atoms with Crippen LogP contribution >= 0.6 is 0 Å². The number of aromatic nitrogens is 3. The maximum Gasteiger partial charge on any atom is 0.252 e. The summed E-state index contributed by atoms with van der Waals surface area (Å²) >= 11 is 0. The third-order valence-corrected chi connectivity index (χ3v) is 27.7. The minimum Gasteiger partial charge on any atom is -0.310 e. The standard InChI is InChI=1S/C86H92BN3Si/c1-79(2,3)45-27-30-62-56(33-45)72-71-58-37-48(82(10,11)12)36-57-70-59(86(22,23)24)38-51(85(19,20)21)40-64(70)89(74(57)58)65(71)44-61-77(72)88(62)63-31-32-66-78-73(63)87(61)60-39-49(83(13,14)15)34-54-55-35-50(84(16,17)18)43-69(76(55)90(78)75(54)60)91(66)67-41-46(80(4,5)6)25-28-52(67)53-29-26-47(42-68(53)91)81(7,8)9/h25-44H,1-24H3. The fourth-order valence-corrected chi connectivity index (χ4v) is 23.4. The molecule has 4 aliphatic rings. The summed E-state index contributed by atoms with van der Waals surface area (Å²) in [5, 5.41) is 17.3. The number of rotatable bonds is 0. The number of fused-ring (bicyclic) bond motifs is 21. The first-order valence-corrected chi connectivity index (χ1v) is 36.2. The van der Waals surface area contributed by atoms with E-state index in [2.05, 4.69) is 301 Å². The van der Waals surface area contributed by atoms with Crippen molar-refractivity contribution in [2.45, 2.75) is 209 Å². The van der Waals surface area contributed by atoms with Gasteiger partial charge in [0.2, 0.25) is 0 Å². The van der Waals surface area contributed by atoms with E-state index < -0.39 is 8.07 Å². The number of hydrogen-bond donors (Lipinski definition) is 0. The quantitative estimate of drug-likeness (QED) is 0.134. The van der Waals surface area contributed by atoms with Gasteiger partial charge in [-0.25, -0.2) is 0 Å². The van der Waals surface area contributed by atoms with Gasteiger partial charge in [0.15, 0.2) is 8.07 Å². The molecule has 5 heteroatoms. The zero-order valence-electron chi connectivity index (χ0n) is 59.0. The van der Waals surface area contributed by atoms with Crippen molar-refractivity contribution in [2.75, 3.05) is 0 Å². The Morgan fingerprint density at radius 2 is 0.747 bits per heavy atom. The fourth-order valence-electron chi connectivity index (χ4n) is 17.8. The molecule has 4 aliphatic heterocycles. The molecule has 458 valence electrons. The topological polar surface area (TPSA) is 14.3 Å². The van der Waals surface area contributed by atoms with Crippen LogP contribution in [0.15, 0.2) is 121 Å².